The maximum atomic E-state index is 13.0. The first-order valence-electron chi connectivity index (χ1n) is 11.0. The van der Waals surface area contributed by atoms with Gasteiger partial charge in [-0.3, -0.25) is 9.59 Å². The predicted molar refractivity (Wildman–Crippen MR) is 124 cm³/mol. The average molecular weight is 458 g/mol. The zero-order valence-electron chi connectivity index (χ0n) is 18.7. The van der Waals surface area contributed by atoms with Crippen LogP contribution in [0.15, 0.2) is 53.3 Å². The van der Waals surface area contributed by atoms with Crippen molar-refractivity contribution in [1.29, 1.82) is 0 Å². The molecular formula is C25H22N4O5. The third-order valence-electron chi connectivity index (χ3n) is 5.71. The molecular weight excluding hydrogens is 436 g/mol. The lowest BCUT2D eigenvalue weighted by molar-refractivity contribution is -0.116. The third kappa shape index (κ3) is 3.96. The van der Waals surface area contributed by atoms with Crippen LogP contribution in [0, 0.1) is 0 Å². The first-order chi connectivity index (χ1) is 16.4. The highest BCUT2D eigenvalue weighted by molar-refractivity contribution is 6.05. The van der Waals surface area contributed by atoms with Crippen LogP contribution in [-0.4, -0.2) is 39.0 Å². The summed E-state index contributed by atoms with van der Waals surface area (Å²) in [5, 5.41) is 7.69. The number of carbonyl (C=O) groups excluding carboxylic acids is 3. The number of aryl methyl sites for hydroxylation is 1. The monoisotopic (exact) mass is 458 g/mol. The van der Waals surface area contributed by atoms with Crippen molar-refractivity contribution in [2.75, 3.05) is 11.9 Å². The number of pyridine rings is 1. The molecule has 0 aliphatic carbocycles. The van der Waals surface area contributed by atoms with Crippen LogP contribution in [0.2, 0.25) is 0 Å². The summed E-state index contributed by atoms with van der Waals surface area (Å²) < 4.78 is 12.6. The second-order valence-corrected chi connectivity index (χ2v) is 8.37. The summed E-state index contributed by atoms with van der Waals surface area (Å²) in [6, 6.07) is 10.1. The van der Waals surface area contributed by atoms with Gasteiger partial charge in [-0.05, 0) is 62.2 Å². The van der Waals surface area contributed by atoms with Crippen molar-refractivity contribution in [1.82, 2.24) is 14.8 Å². The van der Waals surface area contributed by atoms with E-state index in [1.54, 1.807) is 47.3 Å². The number of ether oxygens (including phenoxy) is 1. The molecule has 172 valence electrons. The molecule has 3 aromatic heterocycles. The highest BCUT2D eigenvalue weighted by Crippen LogP contribution is 2.28. The SMILES string of the molecule is CC(C)n1ncc2c(C(=O)OCC(=O)c3ccc4c(c3)CCC(=O)N4)cc(-c3ccco3)nc21. The number of Topliss-reactive ketones (excluding diaryl/α,β-unsaturated/α-hetero) is 1. The molecule has 9 heteroatoms. The maximum Gasteiger partial charge on any atom is 0.339 e. The van der Waals surface area contributed by atoms with Gasteiger partial charge < -0.3 is 14.5 Å². The standard InChI is InChI=1S/C25H22N4O5/c1-14(2)29-24-18(12-26-29)17(11-20(28-24)22-4-3-9-33-22)25(32)34-13-21(30)16-5-7-19-15(10-16)6-8-23(31)27-19/h3-5,7,9-12,14H,6,8,13H2,1-2H3,(H,27,31). The number of nitrogens with one attached hydrogen (secondary N) is 1. The summed E-state index contributed by atoms with van der Waals surface area (Å²) in [5.74, 6) is -0.520. The van der Waals surface area contributed by atoms with Crippen LogP contribution in [0.1, 0.15) is 52.6 Å². The molecule has 1 aliphatic rings. The van der Waals surface area contributed by atoms with Gasteiger partial charge in [-0.2, -0.15) is 5.10 Å². The molecule has 1 N–H and O–H groups in total. The molecule has 0 radical (unpaired) electrons. The molecule has 4 aromatic rings. The van der Waals surface area contributed by atoms with E-state index < -0.39 is 12.6 Å². The van der Waals surface area contributed by atoms with Crippen molar-refractivity contribution in [2.45, 2.75) is 32.7 Å². The molecule has 5 rings (SSSR count). The Morgan fingerprint density at radius 3 is 2.82 bits per heavy atom. The van der Waals surface area contributed by atoms with E-state index in [4.69, 9.17) is 9.15 Å². The van der Waals surface area contributed by atoms with Gasteiger partial charge in [0.2, 0.25) is 5.91 Å². The van der Waals surface area contributed by atoms with E-state index >= 15 is 0 Å². The van der Waals surface area contributed by atoms with Gasteiger partial charge in [-0.1, -0.05) is 0 Å². The van der Waals surface area contributed by atoms with Crippen LogP contribution in [-0.2, 0) is 16.0 Å². The fourth-order valence-corrected chi connectivity index (χ4v) is 3.96. The summed E-state index contributed by atoms with van der Waals surface area (Å²) in [6.07, 6.45) is 4.04. The van der Waals surface area contributed by atoms with Gasteiger partial charge in [0.25, 0.3) is 0 Å². The number of aromatic nitrogens is 3. The first-order valence-corrected chi connectivity index (χ1v) is 11.0. The fourth-order valence-electron chi connectivity index (χ4n) is 3.96. The molecule has 1 aliphatic heterocycles. The zero-order valence-corrected chi connectivity index (χ0v) is 18.7. The molecule has 4 heterocycles. The van der Waals surface area contributed by atoms with E-state index in [0.29, 0.717) is 46.6 Å². The number of nitrogens with zero attached hydrogens (tertiary/aromatic N) is 3. The number of carbonyl (C=O) groups is 3. The van der Waals surface area contributed by atoms with Gasteiger partial charge in [0.15, 0.2) is 23.8 Å². The summed E-state index contributed by atoms with van der Waals surface area (Å²) >= 11 is 0. The van der Waals surface area contributed by atoms with Crippen molar-refractivity contribution in [3.05, 3.63) is 65.5 Å². The smallest absolute Gasteiger partial charge is 0.339 e. The van der Waals surface area contributed by atoms with Crippen LogP contribution in [0.3, 0.4) is 0 Å². The van der Waals surface area contributed by atoms with Crippen LogP contribution in [0.5, 0.6) is 0 Å². The van der Waals surface area contributed by atoms with E-state index in [1.807, 2.05) is 13.8 Å². The van der Waals surface area contributed by atoms with Crippen LogP contribution in [0.25, 0.3) is 22.5 Å². The number of benzene rings is 1. The largest absolute Gasteiger partial charge is 0.463 e. The Labute approximate surface area is 194 Å². The Hall–Kier alpha value is -4.27. The number of hydrogen-bond donors (Lipinski definition) is 1. The summed E-state index contributed by atoms with van der Waals surface area (Å²) in [6.45, 7) is 3.52. The molecule has 0 saturated heterocycles. The normalized spacial score (nSPS) is 13.1. The van der Waals surface area contributed by atoms with Crippen LogP contribution < -0.4 is 5.32 Å². The number of furan rings is 1. The van der Waals surface area contributed by atoms with Gasteiger partial charge in [0.05, 0.1) is 23.4 Å². The topological polar surface area (TPSA) is 116 Å². The average Bonchev–Trinajstić information content (AvgIpc) is 3.51. The quantitative estimate of drug-likeness (QED) is 0.340. The Balaban J connectivity index is 1.40. The van der Waals surface area contributed by atoms with E-state index in [9.17, 15) is 14.4 Å². The van der Waals surface area contributed by atoms with Crippen LogP contribution >= 0.6 is 0 Å². The number of hydrogen-bond acceptors (Lipinski definition) is 7. The van der Waals surface area contributed by atoms with Gasteiger partial charge in [0.1, 0.15) is 5.69 Å². The van der Waals surface area contributed by atoms with Crippen molar-refractivity contribution < 1.29 is 23.5 Å². The Morgan fingerprint density at radius 1 is 1.21 bits per heavy atom. The minimum absolute atomic E-state index is 0.0242. The number of rotatable bonds is 6. The Bertz CT molecular complexity index is 1420. The second-order valence-electron chi connectivity index (χ2n) is 8.37. The highest BCUT2D eigenvalue weighted by Gasteiger charge is 2.22. The van der Waals surface area contributed by atoms with Gasteiger partial charge in [-0.25, -0.2) is 14.5 Å². The molecule has 0 saturated carbocycles. The number of anilines is 1. The fraction of sp³-hybridized carbons (Fsp3) is 0.240. The Morgan fingerprint density at radius 2 is 2.06 bits per heavy atom. The zero-order chi connectivity index (χ0) is 23.8. The molecule has 34 heavy (non-hydrogen) atoms. The number of fused-ring (bicyclic) bond motifs is 2. The molecule has 0 bridgehead atoms. The minimum Gasteiger partial charge on any atom is -0.463 e. The summed E-state index contributed by atoms with van der Waals surface area (Å²) in [5.41, 5.74) is 3.26. The summed E-state index contributed by atoms with van der Waals surface area (Å²) in [7, 11) is 0. The lowest BCUT2D eigenvalue weighted by Crippen LogP contribution is -2.20. The second kappa shape index (κ2) is 8.58. The van der Waals surface area contributed by atoms with Gasteiger partial charge >= 0.3 is 5.97 Å². The lowest BCUT2D eigenvalue weighted by Gasteiger charge is -2.17. The molecule has 9 nitrogen and oxygen atoms in total. The molecule has 0 spiro atoms. The Kier molecular flexibility index (Phi) is 5.45. The minimum atomic E-state index is -0.651. The molecule has 1 amide bonds. The highest BCUT2D eigenvalue weighted by atomic mass is 16.5. The van der Waals surface area contributed by atoms with Crippen molar-refractivity contribution >= 4 is 34.4 Å². The molecule has 0 fully saturated rings. The molecule has 1 aromatic carbocycles. The van der Waals surface area contributed by atoms with E-state index in [0.717, 1.165) is 5.56 Å². The lowest BCUT2D eigenvalue weighted by atomic mass is 9.99. The van der Waals surface area contributed by atoms with Crippen molar-refractivity contribution in [3.63, 3.8) is 0 Å². The van der Waals surface area contributed by atoms with Gasteiger partial charge in [-0.15, -0.1) is 0 Å². The van der Waals surface area contributed by atoms with Crippen molar-refractivity contribution in [2.24, 2.45) is 0 Å². The van der Waals surface area contributed by atoms with E-state index in [-0.39, 0.29) is 23.3 Å². The predicted octanol–water partition coefficient (Wildman–Crippen LogP) is 4.20. The maximum absolute atomic E-state index is 13.0. The number of ketones is 1. The third-order valence-corrected chi connectivity index (χ3v) is 5.71. The van der Waals surface area contributed by atoms with Gasteiger partial charge in [0, 0.05) is 23.7 Å². The van der Waals surface area contributed by atoms with E-state index in [1.165, 1.54) is 6.26 Å². The van der Waals surface area contributed by atoms with E-state index in [2.05, 4.69) is 15.4 Å². The van der Waals surface area contributed by atoms with Crippen LogP contribution in [0.4, 0.5) is 5.69 Å². The first kappa shape index (κ1) is 21.6. The summed E-state index contributed by atoms with van der Waals surface area (Å²) in [4.78, 5) is 41.9. The number of amides is 1. The molecule has 0 unspecified atom stereocenters. The number of esters is 1. The molecule has 0 atom stereocenters. The van der Waals surface area contributed by atoms with Crippen molar-refractivity contribution in [3.8, 4) is 11.5 Å².